The number of hydrogen-bond donors (Lipinski definition) is 1. The van der Waals surface area contributed by atoms with Gasteiger partial charge in [0, 0.05) is 35.8 Å². The minimum Gasteiger partial charge on any atom is -0.481 e. The zero-order chi connectivity index (χ0) is 16.2. The van der Waals surface area contributed by atoms with Gasteiger partial charge in [-0.25, -0.2) is 4.98 Å². The Kier molecular flexibility index (Phi) is 5.07. The molecule has 1 N–H and O–H groups in total. The van der Waals surface area contributed by atoms with E-state index in [0.29, 0.717) is 18.7 Å². The number of thiophene rings is 1. The smallest absolute Gasteiger partial charge is 0.303 e. The summed E-state index contributed by atoms with van der Waals surface area (Å²) in [4.78, 5) is 29.6. The molecule has 0 aliphatic carbocycles. The van der Waals surface area contributed by atoms with Crippen molar-refractivity contribution in [2.45, 2.75) is 25.7 Å². The quantitative estimate of drug-likeness (QED) is 0.894. The number of likely N-dealkylation sites (tertiary alicyclic amines) is 1. The number of carbonyl (C=O) groups excluding carboxylic acids is 1. The number of aromatic nitrogens is 1. The lowest BCUT2D eigenvalue weighted by molar-refractivity contribution is -0.137. The number of carboxylic acid groups (broad SMARTS) is 1. The summed E-state index contributed by atoms with van der Waals surface area (Å²) in [5, 5.41) is 15.5. The normalized spacial score (nSPS) is 18.1. The van der Waals surface area contributed by atoms with Gasteiger partial charge in [-0.1, -0.05) is 0 Å². The van der Waals surface area contributed by atoms with Crippen molar-refractivity contribution in [2.24, 2.45) is 5.92 Å². The van der Waals surface area contributed by atoms with Crippen LogP contribution in [0.15, 0.2) is 22.2 Å². The van der Waals surface area contributed by atoms with Crippen LogP contribution in [0.3, 0.4) is 0 Å². The van der Waals surface area contributed by atoms with Gasteiger partial charge in [0.15, 0.2) is 0 Å². The van der Waals surface area contributed by atoms with Crippen LogP contribution in [0, 0.1) is 5.92 Å². The average molecular weight is 350 g/mol. The van der Waals surface area contributed by atoms with Crippen molar-refractivity contribution < 1.29 is 14.7 Å². The molecule has 7 heteroatoms. The molecule has 3 heterocycles. The van der Waals surface area contributed by atoms with Crippen molar-refractivity contribution in [3.63, 3.8) is 0 Å². The molecule has 5 nitrogen and oxygen atoms in total. The minimum absolute atomic E-state index is 0.0391. The first-order chi connectivity index (χ1) is 11.1. The highest BCUT2D eigenvalue weighted by Crippen LogP contribution is 2.27. The first-order valence-electron chi connectivity index (χ1n) is 7.62. The number of piperidine rings is 1. The highest BCUT2D eigenvalue weighted by molar-refractivity contribution is 7.14. The Morgan fingerprint density at radius 1 is 1.39 bits per heavy atom. The Morgan fingerprint density at radius 2 is 2.26 bits per heavy atom. The first kappa shape index (κ1) is 16.1. The van der Waals surface area contributed by atoms with E-state index in [2.05, 4.69) is 4.98 Å². The molecule has 0 radical (unpaired) electrons. The number of thiazole rings is 1. The highest BCUT2D eigenvalue weighted by Gasteiger charge is 2.26. The summed E-state index contributed by atoms with van der Waals surface area (Å²) in [6.07, 6.45) is 2.73. The number of hydrogen-bond acceptors (Lipinski definition) is 5. The van der Waals surface area contributed by atoms with E-state index in [4.69, 9.17) is 5.11 Å². The molecule has 1 amide bonds. The van der Waals surface area contributed by atoms with E-state index in [9.17, 15) is 9.59 Å². The molecule has 1 aliphatic heterocycles. The maximum atomic E-state index is 12.6. The Labute approximate surface area is 142 Å². The lowest BCUT2D eigenvalue weighted by Crippen LogP contribution is -2.40. The molecule has 2 aromatic rings. The Morgan fingerprint density at radius 3 is 3.00 bits per heavy atom. The van der Waals surface area contributed by atoms with Crippen LogP contribution in [0.4, 0.5) is 0 Å². The van der Waals surface area contributed by atoms with Gasteiger partial charge in [-0.15, -0.1) is 11.3 Å². The third-order valence-electron chi connectivity index (χ3n) is 4.06. The van der Waals surface area contributed by atoms with Crippen molar-refractivity contribution in [3.05, 3.63) is 27.9 Å². The molecule has 1 atom stereocenters. The Bertz CT molecular complexity index is 681. The van der Waals surface area contributed by atoms with Gasteiger partial charge in [0.25, 0.3) is 5.91 Å². The number of aliphatic carboxylic acids is 1. The van der Waals surface area contributed by atoms with Crippen LogP contribution in [0.5, 0.6) is 0 Å². The molecular formula is C16H18N2O3S2. The topological polar surface area (TPSA) is 70.5 Å². The van der Waals surface area contributed by atoms with Crippen LogP contribution >= 0.6 is 22.7 Å². The minimum atomic E-state index is -0.770. The van der Waals surface area contributed by atoms with E-state index in [1.807, 2.05) is 27.1 Å². The molecule has 0 saturated carbocycles. The van der Waals surface area contributed by atoms with Gasteiger partial charge in [-0.05, 0) is 36.6 Å². The van der Waals surface area contributed by atoms with Crippen molar-refractivity contribution in [3.8, 4) is 10.6 Å². The number of nitrogens with zero attached hydrogens (tertiary/aromatic N) is 2. The van der Waals surface area contributed by atoms with Gasteiger partial charge in [0.2, 0.25) is 0 Å². The fourth-order valence-electron chi connectivity index (χ4n) is 2.87. The van der Waals surface area contributed by atoms with Crippen LogP contribution in [0.2, 0.25) is 0 Å². The second kappa shape index (κ2) is 7.23. The number of carbonyl (C=O) groups is 2. The molecule has 0 spiro atoms. The molecule has 1 saturated heterocycles. The molecule has 0 unspecified atom stereocenters. The zero-order valence-corrected chi connectivity index (χ0v) is 14.2. The summed E-state index contributed by atoms with van der Waals surface area (Å²) in [5.41, 5.74) is 1.55. The molecule has 122 valence electrons. The van der Waals surface area contributed by atoms with Crippen LogP contribution in [0.25, 0.3) is 10.6 Å². The lowest BCUT2D eigenvalue weighted by Gasteiger charge is -2.32. The summed E-state index contributed by atoms with van der Waals surface area (Å²) in [6.45, 7) is 1.37. The zero-order valence-electron chi connectivity index (χ0n) is 12.6. The van der Waals surface area contributed by atoms with Crippen molar-refractivity contribution >= 4 is 34.6 Å². The summed E-state index contributed by atoms with van der Waals surface area (Å²) >= 11 is 3.10. The van der Waals surface area contributed by atoms with Crippen LogP contribution in [-0.4, -0.2) is 40.0 Å². The second-order valence-corrected chi connectivity index (χ2v) is 7.38. The summed E-state index contributed by atoms with van der Waals surface area (Å²) in [5.74, 6) is -0.533. The van der Waals surface area contributed by atoms with Gasteiger partial charge < -0.3 is 10.0 Å². The molecular weight excluding hydrogens is 332 g/mol. The van der Waals surface area contributed by atoms with Crippen molar-refractivity contribution in [1.29, 1.82) is 0 Å². The van der Waals surface area contributed by atoms with Gasteiger partial charge in [-0.3, -0.25) is 9.59 Å². The molecule has 23 heavy (non-hydrogen) atoms. The molecule has 0 bridgehead atoms. The fourth-order valence-corrected chi connectivity index (χ4v) is 4.37. The Hall–Kier alpha value is -1.73. The van der Waals surface area contributed by atoms with Crippen molar-refractivity contribution in [2.75, 3.05) is 13.1 Å². The van der Waals surface area contributed by atoms with E-state index < -0.39 is 5.97 Å². The molecule has 1 fully saturated rings. The lowest BCUT2D eigenvalue weighted by atomic mass is 9.93. The summed E-state index contributed by atoms with van der Waals surface area (Å²) in [7, 11) is 0. The molecule has 0 aromatic carbocycles. The summed E-state index contributed by atoms with van der Waals surface area (Å²) < 4.78 is 0. The van der Waals surface area contributed by atoms with Gasteiger partial charge in [0.05, 0.1) is 0 Å². The van der Waals surface area contributed by atoms with Gasteiger partial charge >= 0.3 is 5.97 Å². The van der Waals surface area contributed by atoms with Crippen molar-refractivity contribution in [1.82, 2.24) is 9.88 Å². The predicted octanol–water partition coefficient (Wildman–Crippen LogP) is 3.59. The summed E-state index contributed by atoms with van der Waals surface area (Å²) in [6, 6.07) is 2.00. The van der Waals surface area contributed by atoms with Gasteiger partial charge in [-0.2, -0.15) is 11.3 Å². The maximum absolute atomic E-state index is 12.6. The monoisotopic (exact) mass is 350 g/mol. The van der Waals surface area contributed by atoms with E-state index >= 15 is 0 Å². The molecule has 1 aliphatic rings. The van der Waals surface area contributed by atoms with E-state index in [0.717, 1.165) is 30.0 Å². The SMILES string of the molecule is O=C(O)CC[C@@H]1CCCN(C(=O)c2csc(-c3ccsc3)n2)C1. The van der Waals surface area contributed by atoms with Crippen LogP contribution < -0.4 is 0 Å². The van der Waals surface area contributed by atoms with Crippen LogP contribution in [-0.2, 0) is 4.79 Å². The largest absolute Gasteiger partial charge is 0.481 e. The third kappa shape index (κ3) is 3.97. The van der Waals surface area contributed by atoms with E-state index in [1.165, 1.54) is 11.3 Å². The van der Waals surface area contributed by atoms with Crippen LogP contribution in [0.1, 0.15) is 36.2 Å². The molecule has 2 aromatic heterocycles. The predicted molar refractivity (Wildman–Crippen MR) is 90.9 cm³/mol. The average Bonchev–Trinajstić information content (AvgIpc) is 3.23. The number of rotatable bonds is 5. The second-order valence-electron chi connectivity index (χ2n) is 5.74. The fraction of sp³-hybridized carbons (Fsp3) is 0.438. The first-order valence-corrected chi connectivity index (χ1v) is 9.45. The molecule has 3 rings (SSSR count). The Balaban J connectivity index is 1.64. The standard InChI is InChI=1S/C16H18N2O3S2/c19-14(20)4-3-11-2-1-6-18(8-11)16(21)13-10-23-15(17-13)12-5-7-22-9-12/h5,7,9-11H,1-4,6,8H2,(H,19,20)/t11-/m0/s1. The van der Waals surface area contributed by atoms with E-state index in [-0.39, 0.29) is 18.2 Å². The number of carboxylic acids is 1. The maximum Gasteiger partial charge on any atom is 0.303 e. The van der Waals surface area contributed by atoms with Gasteiger partial charge in [0.1, 0.15) is 10.7 Å². The third-order valence-corrected chi connectivity index (χ3v) is 5.64. The highest BCUT2D eigenvalue weighted by atomic mass is 32.1. The van der Waals surface area contributed by atoms with E-state index in [1.54, 1.807) is 11.3 Å². The number of amides is 1.